The fourth-order valence-electron chi connectivity index (χ4n) is 2.21. The number of carbonyl (C=O) groups excluding carboxylic acids is 1. The van der Waals surface area contributed by atoms with Crippen LogP contribution in [0.25, 0.3) is 0 Å². The summed E-state index contributed by atoms with van der Waals surface area (Å²) in [5.74, 6) is 0.0310. The van der Waals surface area contributed by atoms with Crippen molar-refractivity contribution in [2.24, 2.45) is 0 Å². The van der Waals surface area contributed by atoms with E-state index in [1.807, 2.05) is 13.8 Å². The number of hydrogen-bond acceptors (Lipinski definition) is 4. The zero-order valence-corrected chi connectivity index (χ0v) is 16.0. The third-order valence-corrected chi connectivity index (χ3v) is 5.77. The summed E-state index contributed by atoms with van der Waals surface area (Å²) < 4.78 is 25.5. The lowest BCUT2D eigenvalue weighted by Gasteiger charge is -2.19. The Kier molecular flexibility index (Phi) is 6.12. The van der Waals surface area contributed by atoms with E-state index in [4.69, 9.17) is 0 Å². The van der Waals surface area contributed by atoms with Gasteiger partial charge in [-0.2, -0.15) is 0 Å². The molecule has 0 unspecified atom stereocenters. The predicted octanol–water partition coefficient (Wildman–Crippen LogP) is 3.37. The average molecular weight is 411 g/mol. The van der Waals surface area contributed by atoms with Gasteiger partial charge in [0, 0.05) is 23.6 Å². The van der Waals surface area contributed by atoms with Crippen molar-refractivity contribution in [1.82, 2.24) is 4.98 Å². The summed E-state index contributed by atoms with van der Waals surface area (Å²) in [6.07, 6.45) is 1.52. The van der Waals surface area contributed by atoms with Crippen molar-refractivity contribution >= 4 is 37.5 Å². The molecule has 1 aromatic carbocycles. The molecule has 0 aliphatic carbocycles. The molecule has 0 atom stereocenters. The van der Waals surface area contributed by atoms with Crippen LogP contribution in [0.4, 0.5) is 5.82 Å². The summed E-state index contributed by atoms with van der Waals surface area (Å²) in [6.45, 7) is 4.15. The number of carbonyl (C=O) groups is 1. The minimum absolute atomic E-state index is 0.0816. The Labute approximate surface area is 150 Å². The monoisotopic (exact) mass is 410 g/mol. The van der Waals surface area contributed by atoms with Crippen molar-refractivity contribution in [2.45, 2.75) is 25.2 Å². The Balaban J connectivity index is 2.07. The summed E-state index contributed by atoms with van der Waals surface area (Å²) in [4.78, 5) is 18.3. The van der Waals surface area contributed by atoms with Crippen LogP contribution in [-0.2, 0) is 14.6 Å². The molecule has 0 saturated carbocycles. The lowest BCUT2D eigenvalue weighted by Crippen LogP contribution is -2.32. The Bertz CT molecular complexity index is 803. The largest absolute Gasteiger partial charge is 0.297 e. The number of aryl methyl sites for hydroxylation is 1. The molecule has 0 fully saturated rings. The van der Waals surface area contributed by atoms with Crippen LogP contribution >= 0.6 is 15.9 Å². The van der Waals surface area contributed by atoms with Gasteiger partial charge in [0.1, 0.15) is 5.82 Å². The van der Waals surface area contributed by atoms with Gasteiger partial charge in [-0.3, -0.25) is 9.69 Å². The van der Waals surface area contributed by atoms with E-state index >= 15 is 0 Å². The zero-order valence-electron chi connectivity index (χ0n) is 13.6. The SMILES string of the molecule is CCN(C(=O)CCS(=O)(=O)c1ccc(C)cc1)c1ccc(Br)cn1. The molecule has 0 saturated heterocycles. The highest BCUT2D eigenvalue weighted by atomic mass is 79.9. The van der Waals surface area contributed by atoms with E-state index in [1.165, 1.54) is 4.90 Å². The Morgan fingerprint density at radius 2 is 1.83 bits per heavy atom. The van der Waals surface area contributed by atoms with E-state index in [1.54, 1.807) is 42.6 Å². The van der Waals surface area contributed by atoms with E-state index in [2.05, 4.69) is 20.9 Å². The first-order chi connectivity index (χ1) is 11.3. The van der Waals surface area contributed by atoms with Crippen molar-refractivity contribution < 1.29 is 13.2 Å². The molecule has 24 heavy (non-hydrogen) atoms. The predicted molar refractivity (Wildman–Crippen MR) is 97.8 cm³/mol. The number of halogens is 1. The number of anilines is 1. The summed E-state index contributed by atoms with van der Waals surface area (Å²) >= 11 is 3.30. The highest BCUT2D eigenvalue weighted by Gasteiger charge is 2.20. The first-order valence-corrected chi connectivity index (χ1v) is 9.99. The van der Waals surface area contributed by atoms with Gasteiger partial charge in [0.2, 0.25) is 5.91 Å². The summed E-state index contributed by atoms with van der Waals surface area (Å²) in [5, 5.41) is 0. The zero-order chi connectivity index (χ0) is 17.7. The molecule has 0 bridgehead atoms. The third kappa shape index (κ3) is 4.64. The molecule has 1 aromatic heterocycles. The number of nitrogens with zero attached hydrogens (tertiary/aromatic N) is 2. The van der Waals surface area contributed by atoms with Crippen molar-refractivity contribution in [3.05, 3.63) is 52.6 Å². The van der Waals surface area contributed by atoms with Crippen LogP contribution in [-0.4, -0.2) is 31.6 Å². The molecule has 2 rings (SSSR count). The fourth-order valence-corrected chi connectivity index (χ4v) is 3.68. The molecular weight excluding hydrogens is 392 g/mol. The van der Waals surface area contributed by atoms with Crippen molar-refractivity contribution in [2.75, 3.05) is 17.2 Å². The van der Waals surface area contributed by atoms with Gasteiger partial charge < -0.3 is 0 Å². The number of hydrogen-bond donors (Lipinski definition) is 0. The Morgan fingerprint density at radius 1 is 1.17 bits per heavy atom. The second-order valence-corrected chi connectivity index (χ2v) is 8.38. The first kappa shape index (κ1) is 18.6. The van der Waals surface area contributed by atoms with Gasteiger partial charge in [0.25, 0.3) is 0 Å². The van der Waals surface area contributed by atoms with E-state index in [0.717, 1.165) is 10.0 Å². The van der Waals surface area contributed by atoms with E-state index in [-0.39, 0.29) is 23.0 Å². The molecule has 1 amide bonds. The Hall–Kier alpha value is -1.73. The topological polar surface area (TPSA) is 67.3 Å². The van der Waals surface area contributed by atoms with Gasteiger partial charge in [-0.1, -0.05) is 17.7 Å². The number of amides is 1. The maximum Gasteiger partial charge on any atom is 0.229 e. The molecule has 128 valence electrons. The molecule has 0 aliphatic rings. The maximum absolute atomic E-state index is 12.4. The van der Waals surface area contributed by atoms with Gasteiger partial charge in [-0.15, -0.1) is 0 Å². The third-order valence-electron chi connectivity index (χ3n) is 3.57. The summed E-state index contributed by atoms with van der Waals surface area (Å²) in [7, 11) is -3.48. The summed E-state index contributed by atoms with van der Waals surface area (Å²) in [5.41, 5.74) is 0.989. The standard InChI is InChI=1S/C17H19BrN2O3S/c1-3-20(16-9-6-14(18)12-19-16)17(21)10-11-24(22,23)15-7-4-13(2)5-8-15/h4-9,12H,3,10-11H2,1-2H3. The number of aromatic nitrogens is 1. The minimum atomic E-state index is -3.48. The van der Waals surface area contributed by atoms with Crippen molar-refractivity contribution in [3.63, 3.8) is 0 Å². The van der Waals surface area contributed by atoms with Crippen LogP contribution in [0.3, 0.4) is 0 Å². The van der Waals surface area contributed by atoms with Crippen LogP contribution in [0.1, 0.15) is 18.9 Å². The maximum atomic E-state index is 12.4. The normalized spacial score (nSPS) is 11.3. The smallest absolute Gasteiger partial charge is 0.229 e. The highest BCUT2D eigenvalue weighted by molar-refractivity contribution is 9.10. The first-order valence-electron chi connectivity index (χ1n) is 7.55. The van der Waals surface area contributed by atoms with Gasteiger partial charge in [-0.25, -0.2) is 13.4 Å². The van der Waals surface area contributed by atoms with Crippen LogP contribution in [0.5, 0.6) is 0 Å². The van der Waals surface area contributed by atoms with Crippen LogP contribution in [0.15, 0.2) is 52.0 Å². The van der Waals surface area contributed by atoms with E-state index in [9.17, 15) is 13.2 Å². The number of sulfone groups is 1. The van der Waals surface area contributed by atoms with Gasteiger partial charge >= 0.3 is 0 Å². The molecule has 1 heterocycles. The van der Waals surface area contributed by atoms with Crippen molar-refractivity contribution in [3.8, 4) is 0 Å². The Morgan fingerprint density at radius 3 is 2.38 bits per heavy atom. The molecule has 0 N–H and O–H groups in total. The van der Waals surface area contributed by atoms with E-state index < -0.39 is 9.84 Å². The van der Waals surface area contributed by atoms with Gasteiger partial charge in [0.15, 0.2) is 9.84 Å². The van der Waals surface area contributed by atoms with Crippen LogP contribution in [0.2, 0.25) is 0 Å². The number of benzene rings is 1. The van der Waals surface area contributed by atoms with Crippen molar-refractivity contribution in [1.29, 1.82) is 0 Å². The molecular formula is C17H19BrN2O3S. The lowest BCUT2D eigenvalue weighted by atomic mass is 10.2. The highest BCUT2D eigenvalue weighted by Crippen LogP contribution is 2.17. The van der Waals surface area contributed by atoms with Crippen LogP contribution < -0.4 is 4.90 Å². The molecule has 5 nitrogen and oxygen atoms in total. The molecule has 0 spiro atoms. The van der Waals surface area contributed by atoms with Gasteiger partial charge in [-0.05, 0) is 54.0 Å². The molecule has 0 radical (unpaired) electrons. The molecule has 2 aromatic rings. The molecule has 0 aliphatic heterocycles. The number of rotatable bonds is 6. The number of pyridine rings is 1. The summed E-state index contributed by atoms with van der Waals surface area (Å²) in [6, 6.07) is 10.2. The van der Waals surface area contributed by atoms with E-state index in [0.29, 0.717) is 12.4 Å². The molecule has 7 heteroatoms. The average Bonchev–Trinajstić information content (AvgIpc) is 2.56. The second kappa shape index (κ2) is 7.90. The fraction of sp³-hybridized carbons (Fsp3) is 0.294. The minimum Gasteiger partial charge on any atom is -0.297 e. The van der Waals surface area contributed by atoms with Gasteiger partial charge in [0.05, 0.1) is 10.6 Å². The lowest BCUT2D eigenvalue weighted by molar-refractivity contribution is -0.118. The quantitative estimate of drug-likeness (QED) is 0.731. The van der Waals surface area contributed by atoms with Crippen LogP contribution in [0, 0.1) is 6.92 Å². The second-order valence-electron chi connectivity index (χ2n) is 5.35.